The highest BCUT2D eigenvalue weighted by molar-refractivity contribution is 6.54. The molecule has 94 valence electrons. The molecule has 1 aliphatic heterocycles. The molecule has 4 heteroatoms. The van der Waals surface area contributed by atoms with E-state index in [9.17, 15) is 9.18 Å². The molecule has 1 amide bonds. The van der Waals surface area contributed by atoms with E-state index in [1.807, 2.05) is 31.2 Å². The highest BCUT2D eigenvalue weighted by atomic mass is 19.1. The van der Waals surface area contributed by atoms with Gasteiger partial charge in [0.2, 0.25) is 0 Å². The highest BCUT2D eigenvalue weighted by Crippen LogP contribution is 2.26. The minimum Gasteiger partial charge on any atom is -0.320 e. The SMILES string of the molecule is Cc1ccc(N=C2C(=O)Nc3ccc(F)cc32)cc1. The van der Waals surface area contributed by atoms with Gasteiger partial charge in [-0.15, -0.1) is 0 Å². The van der Waals surface area contributed by atoms with E-state index in [-0.39, 0.29) is 17.4 Å². The molecule has 1 N–H and O–H groups in total. The second-order valence-electron chi connectivity index (χ2n) is 4.44. The van der Waals surface area contributed by atoms with Gasteiger partial charge in [-0.05, 0) is 37.3 Å². The van der Waals surface area contributed by atoms with Crippen LogP contribution in [0.1, 0.15) is 11.1 Å². The zero-order chi connectivity index (χ0) is 13.4. The third kappa shape index (κ3) is 2.12. The number of hydrogen-bond donors (Lipinski definition) is 1. The molecule has 0 aromatic heterocycles. The zero-order valence-electron chi connectivity index (χ0n) is 10.3. The summed E-state index contributed by atoms with van der Waals surface area (Å²) >= 11 is 0. The molecule has 1 heterocycles. The van der Waals surface area contributed by atoms with Crippen molar-refractivity contribution in [1.82, 2.24) is 0 Å². The van der Waals surface area contributed by atoms with Gasteiger partial charge in [-0.3, -0.25) is 4.79 Å². The van der Waals surface area contributed by atoms with E-state index in [0.717, 1.165) is 5.56 Å². The van der Waals surface area contributed by atoms with Gasteiger partial charge in [-0.25, -0.2) is 9.38 Å². The fourth-order valence-corrected chi connectivity index (χ4v) is 1.98. The van der Waals surface area contributed by atoms with Crippen LogP contribution in [0.25, 0.3) is 0 Å². The van der Waals surface area contributed by atoms with Crippen LogP contribution in [0.15, 0.2) is 47.5 Å². The summed E-state index contributed by atoms with van der Waals surface area (Å²) in [7, 11) is 0. The standard InChI is InChI=1S/C15H11FN2O/c1-9-2-5-11(6-3-9)17-14-12-8-10(16)4-7-13(12)18-15(14)19/h2-8H,1H3,(H,17,18,19). The molecule has 0 aliphatic carbocycles. The van der Waals surface area contributed by atoms with Gasteiger partial charge in [0.1, 0.15) is 11.5 Å². The van der Waals surface area contributed by atoms with E-state index in [2.05, 4.69) is 10.3 Å². The monoisotopic (exact) mass is 254 g/mol. The molecule has 2 aromatic rings. The third-order valence-corrected chi connectivity index (χ3v) is 2.97. The van der Waals surface area contributed by atoms with Crippen LogP contribution < -0.4 is 5.32 Å². The summed E-state index contributed by atoms with van der Waals surface area (Å²) in [5.74, 6) is -0.687. The number of halogens is 1. The van der Waals surface area contributed by atoms with Crippen molar-refractivity contribution < 1.29 is 9.18 Å². The van der Waals surface area contributed by atoms with Gasteiger partial charge in [-0.1, -0.05) is 17.7 Å². The molecule has 3 rings (SSSR count). The first-order chi connectivity index (χ1) is 9.13. The second kappa shape index (κ2) is 4.31. The van der Waals surface area contributed by atoms with Gasteiger partial charge in [0.25, 0.3) is 5.91 Å². The summed E-state index contributed by atoms with van der Waals surface area (Å²) < 4.78 is 13.3. The molecule has 0 bridgehead atoms. The molecular formula is C15H11FN2O. The first kappa shape index (κ1) is 11.6. The number of amides is 1. The molecule has 0 fully saturated rings. The Morgan fingerprint density at radius 1 is 1.11 bits per heavy atom. The Labute approximate surface area is 109 Å². The largest absolute Gasteiger partial charge is 0.320 e. The Morgan fingerprint density at radius 2 is 1.84 bits per heavy atom. The van der Waals surface area contributed by atoms with Crippen molar-refractivity contribution in [3.8, 4) is 0 Å². The molecule has 1 aliphatic rings. The normalized spacial score (nSPS) is 15.5. The maximum Gasteiger partial charge on any atom is 0.275 e. The number of aryl methyl sites for hydroxylation is 1. The van der Waals surface area contributed by atoms with Gasteiger partial charge >= 0.3 is 0 Å². The fraction of sp³-hybridized carbons (Fsp3) is 0.0667. The maximum absolute atomic E-state index is 13.3. The van der Waals surface area contributed by atoms with E-state index >= 15 is 0 Å². The Balaban J connectivity index is 2.08. The number of nitrogens with one attached hydrogen (secondary N) is 1. The third-order valence-electron chi connectivity index (χ3n) is 2.97. The van der Waals surface area contributed by atoms with Crippen LogP contribution in [0, 0.1) is 12.7 Å². The Hall–Kier alpha value is -2.49. The van der Waals surface area contributed by atoms with E-state index in [1.165, 1.54) is 12.1 Å². The summed E-state index contributed by atoms with van der Waals surface area (Å²) in [5.41, 5.74) is 3.14. The summed E-state index contributed by atoms with van der Waals surface area (Å²) in [6, 6.07) is 11.7. The van der Waals surface area contributed by atoms with Gasteiger partial charge in [0.15, 0.2) is 0 Å². The zero-order valence-corrected chi connectivity index (χ0v) is 10.3. The highest BCUT2D eigenvalue weighted by Gasteiger charge is 2.26. The van der Waals surface area contributed by atoms with Crippen molar-refractivity contribution in [2.45, 2.75) is 6.92 Å². The van der Waals surface area contributed by atoms with Crippen LogP contribution in [-0.4, -0.2) is 11.6 Å². The minimum absolute atomic E-state index is 0.248. The number of anilines is 1. The summed E-state index contributed by atoms with van der Waals surface area (Å²) in [4.78, 5) is 16.2. The molecule has 0 spiro atoms. The molecule has 0 unspecified atom stereocenters. The number of carbonyl (C=O) groups is 1. The van der Waals surface area contributed by atoms with Crippen molar-refractivity contribution in [2.75, 3.05) is 5.32 Å². The van der Waals surface area contributed by atoms with Gasteiger partial charge in [-0.2, -0.15) is 0 Å². The Morgan fingerprint density at radius 3 is 2.58 bits per heavy atom. The molecule has 0 radical (unpaired) electrons. The van der Waals surface area contributed by atoms with Gasteiger partial charge in [0.05, 0.1) is 11.4 Å². The van der Waals surface area contributed by atoms with Crippen LogP contribution in [0.3, 0.4) is 0 Å². The summed E-state index contributed by atoms with van der Waals surface area (Å²) in [5, 5.41) is 2.67. The smallest absolute Gasteiger partial charge is 0.275 e. The number of nitrogens with zero attached hydrogens (tertiary/aromatic N) is 1. The lowest BCUT2D eigenvalue weighted by atomic mass is 10.1. The van der Waals surface area contributed by atoms with E-state index in [4.69, 9.17) is 0 Å². The second-order valence-corrected chi connectivity index (χ2v) is 4.44. The quantitative estimate of drug-likeness (QED) is 0.834. The number of aliphatic imine (C=N–C) groups is 1. The van der Waals surface area contributed by atoms with Crippen LogP contribution in [0.2, 0.25) is 0 Å². The van der Waals surface area contributed by atoms with Crippen LogP contribution in [0.4, 0.5) is 15.8 Å². The van der Waals surface area contributed by atoms with E-state index in [1.54, 1.807) is 6.07 Å². The minimum atomic E-state index is -0.383. The van der Waals surface area contributed by atoms with Crippen LogP contribution in [0.5, 0.6) is 0 Å². The number of fused-ring (bicyclic) bond motifs is 1. The topological polar surface area (TPSA) is 41.5 Å². The van der Waals surface area contributed by atoms with E-state index < -0.39 is 0 Å². The molecule has 19 heavy (non-hydrogen) atoms. The molecule has 0 saturated heterocycles. The Bertz CT molecular complexity index is 690. The molecule has 3 nitrogen and oxygen atoms in total. The first-order valence-electron chi connectivity index (χ1n) is 5.90. The summed E-state index contributed by atoms with van der Waals surface area (Å²) in [6.07, 6.45) is 0. The average Bonchev–Trinajstić information content (AvgIpc) is 2.69. The molecular weight excluding hydrogens is 243 g/mol. The average molecular weight is 254 g/mol. The number of benzene rings is 2. The number of hydrogen-bond acceptors (Lipinski definition) is 2. The lowest BCUT2D eigenvalue weighted by molar-refractivity contribution is -0.110. The van der Waals surface area contributed by atoms with Gasteiger partial charge in [0, 0.05) is 5.56 Å². The maximum atomic E-state index is 13.3. The summed E-state index contributed by atoms with van der Waals surface area (Å²) in [6.45, 7) is 1.98. The first-order valence-corrected chi connectivity index (χ1v) is 5.90. The predicted octanol–water partition coefficient (Wildman–Crippen LogP) is 3.21. The van der Waals surface area contributed by atoms with Crippen LogP contribution >= 0.6 is 0 Å². The predicted molar refractivity (Wildman–Crippen MR) is 72.4 cm³/mol. The fourth-order valence-electron chi connectivity index (χ4n) is 1.98. The number of carbonyl (C=O) groups excluding carboxylic acids is 1. The van der Waals surface area contributed by atoms with Crippen molar-refractivity contribution >= 4 is 23.0 Å². The van der Waals surface area contributed by atoms with Crippen molar-refractivity contribution in [2.24, 2.45) is 4.99 Å². The van der Waals surface area contributed by atoms with Crippen LogP contribution in [-0.2, 0) is 4.79 Å². The van der Waals surface area contributed by atoms with E-state index in [0.29, 0.717) is 16.9 Å². The Kier molecular flexibility index (Phi) is 2.63. The molecule has 0 saturated carbocycles. The van der Waals surface area contributed by atoms with Crippen molar-refractivity contribution in [1.29, 1.82) is 0 Å². The lowest BCUT2D eigenvalue weighted by Gasteiger charge is -1.99. The molecule has 0 atom stereocenters. The van der Waals surface area contributed by atoms with Crippen molar-refractivity contribution in [3.63, 3.8) is 0 Å². The lowest BCUT2D eigenvalue weighted by Crippen LogP contribution is -2.13. The van der Waals surface area contributed by atoms with Gasteiger partial charge < -0.3 is 5.32 Å². The number of rotatable bonds is 1. The molecule has 2 aromatic carbocycles. The van der Waals surface area contributed by atoms with Crippen molar-refractivity contribution in [3.05, 3.63) is 59.4 Å².